The first-order valence-electron chi connectivity index (χ1n) is 7.77. The van der Waals surface area contributed by atoms with E-state index in [9.17, 15) is 0 Å². The monoisotopic (exact) mass is 302 g/mol. The molecule has 0 bridgehead atoms. The molecule has 0 atom stereocenters. The Kier molecular flexibility index (Phi) is 10.2. The molecular weight excluding hydrogens is 276 g/mol. The van der Waals surface area contributed by atoms with Gasteiger partial charge in [-0.15, -0.1) is 0 Å². The molecule has 3 rings (SSSR count). The van der Waals surface area contributed by atoms with Crippen molar-refractivity contribution in [2.75, 3.05) is 0 Å². The summed E-state index contributed by atoms with van der Waals surface area (Å²) in [5.41, 5.74) is 1.70. The van der Waals surface area contributed by atoms with Gasteiger partial charge in [-0.25, -0.2) is 0 Å². The third-order valence-corrected chi connectivity index (χ3v) is 2.92. The van der Waals surface area contributed by atoms with E-state index in [1.807, 2.05) is 90.1 Å². The molecule has 1 heterocycles. The van der Waals surface area contributed by atoms with Gasteiger partial charge in [0.25, 0.3) is 0 Å². The zero-order chi connectivity index (χ0) is 16.3. The van der Waals surface area contributed by atoms with Gasteiger partial charge in [-0.05, 0) is 24.3 Å². The Morgan fingerprint density at radius 1 is 0.619 bits per heavy atom. The minimum atomic E-state index is 0.848. The Hall–Kier alpha value is -1.67. The normalized spacial score (nSPS) is 8.67. The third-order valence-electron chi connectivity index (χ3n) is 2.48. The second kappa shape index (κ2) is 11.0. The summed E-state index contributed by atoms with van der Waals surface area (Å²) in [5.74, 6) is 0. The molecule has 2 heteroatoms. The van der Waals surface area contributed by atoms with Crippen LogP contribution in [0.3, 0.4) is 0 Å². The minimum absolute atomic E-state index is 0.848. The summed E-state index contributed by atoms with van der Waals surface area (Å²) in [6, 6.07) is 15.7. The number of hydrogen-bond donors (Lipinski definition) is 0. The fraction of sp³-hybridized carbons (Fsp3) is 0.316. The largest absolute Gasteiger partial charge is 0.456 e. The van der Waals surface area contributed by atoms with E-state index in [1.54, 1.807) is 0 Å². The van der Waals surface area contributed by atoms with Crippen molar-refractivity contribution < 1.29 is 4.42 Å². The first-order valence-corrected chi connectivity index (χ1v) is 8.18. The van der Waals surface area contributed by atoms with E-state index in [-0.39, 0.29) is 0 Å². The van der Waals surface area contributed by atoms with Gasteiger partial charge < -0.3 is 4.42 Å². The summed E-state index contributed by atoms with van der Waals surface area (Å²) in [6.45, 7) is 12.0. The smallest absolute Gasteiger partial charge is 0.136 e. The lowest BCUT2D eigenvalue weighted by Gasteiger charge is -2.01. The van der Waals surface area contributed by atoms with Crippen LogP contribution in [0.15, 0.2) is 52.9 Å². The summed E-state index contributed by atoms with van der Waals surface area (Å²) >= 11 is 5.44. The minimum Gasteiger partial charge on any atom is -0.456 e. The van der Waals surface area contributed by atoms with Gasteiger partial charge in [0, 0.05) is 10.8 Å². The summed E-state index contributed by atoms with van der Waals surface area (Å²) < 4.78 is 6.63. The second-order valence-electron chi connectivity index (χ2n) is 3.42. The van der Waals surface area contributed by atoms with Crippen LogP contribution in [0.2, 0.25) is 0 Å². The van der Waals surface area contributed by atoms with Gasteiger partial charge in [0.05, 0.1) is 4.51 Å². The molecule has 3 aromatic rings. The van der Waals surface area contributed by atoms with Crippen LogP contribution in [-0.2, 0) is 0 Å². The predicted octanol–water partition coefficient (Wildman–Crippen LogP) is 7.39. The maximum Gasteiger partial charge on any atom is 0.136 e. The lowest BCUT2D eigenvalue weighted by Crippen LogP contribution is -1.77. The van der Waals surface area contributed by atoms with E-state index in [1.165, 1.54) is 0 Å². The number of para-hydroxylation sites is 2. The molecule has 0 aliphatic carbocycles. The molecule has 0 fully saturated rings. The lowest BCUT2D eigenvalue weighted by molar-refractivity contribution is 0.660. The number of benzene rings is 2. The van der Waals surface area contributed by atoms with Crippen molar-refractivity contribution in [1.29, 1.82) is 0 Å². The van der Waals surface area contributed by atoms with Crippen LogP contribution in [0, 0.1) is 4.51 Å². The Balaban J connectivity index is 0.000000598. The van der Waals surface area contributed by atoms with Crippen LogP contribution in [0.4, 0.5) is 0 Å². The zero-order valence-corrected chi connectivity index (χ0v) is 14.8. The van der Waals surface area contributed by atoms with Gasteiger partial charge in [-0.3, -0.25) is 0 Å². The molecule has 0 radical (unpaired) electrons. The van der Waals surface area contributed by atoms with Crippen LogP contribution in [-0.4, -0.2) is 0 Å². The highest BCUT2D eigenvalue weighted by Crippen LogP contribution is 2.24. The summed E-state index contributed by atoms with van der Waals surface area (Å²) in [7, 11) is 0. The highest BCUT2D eigenvalue weighted by molar-refractivity contribution is 7.72. The average Bonchev–Trinajstić information content (AvgIpc) is 2.61. The fourth-order valence-electron chi connectivity index (χ4n) is 1.75. The molecule has 0 aliphatic heterocycles. The highest BCUT2D eigenvalue weighted by atomic mass is 32.1. The number of fused-ring (bicyclic) bond motifs is 2. The molecule has 114 valence electrons. The van der Waals surface area contributed by atoms with E-state index in [0.717, 1.165) is 26.4 Å². The number of hydrogen-bond acceptors (Lipinski definition) is 2. The third kappa shape index (κ3) is 4.68. The highest BCUT2D eigenvalue weighted by Gasteiger charge is 2.02. The van der Waals surface area contributed by atoms with Crippen molar-refractivity contribution in [3.05, 3.63) is 53.0 Å². The van der Waals surface area contributed by atoms with E-state index < -0.39 is 0 Å². The van der Waals surface area contributed by atoms with Crippen molar-refractivity contribution in [3.63, 3.8) is 0 Å². The molecule has 21 heavy (non-hydrogen) atoms. The van der Waals surface area contributed by atoms with E-state index in [0.29, 0.717) is 0 Å². The fourth-order valence-corrected chi connectivity index (χ4v) is 2.09. The molecule has 0 unspecified atom stereocenters. The van der Waals surface area contributed by atoms with Gasteiger partial charge in [-0.2, -0.15) is 0 Å². The molecule has 0 spiro atoms. The summed E-state index contributed by atoms with van der Waals surface area (Å²) in [4.78, 5) is 0. The Morgan fingerprint density at radius 2 is 0.952 bits per heavy atom. The molecule has 1 nitrogen and oxygen atoms in total. The maximum atomic E-state index is 5.76. The van der Waals surface area contributed by atoms with E-state index in [4.69, 9.17) is 16.6 Å². The van der Waals surface area contributed by atoms with Crippen LogP contribution >= 0.6 is 12.2 Å². The van der Waals surface area contributed by atoms with Crippen molar-refractivity contribution in [2.45, 2.75) is 41.5 Å². The van der Waals surface area contributed by atoms with Crippen LogP contribution in [0.25, 0.3) is 21.9 Å². The molecule has 0 saturated carbocycles. The quantitative estimate of drug-likeness (QED) is 0.317. The van der Waals surface area contributed by atoms with Crippen molar-refractivity contribution in [3.8, 4) is 0 Å². The topological polar surface area (TPSA) is 13.1 Å². The van der Waals surface area contributed by atoms with E-state index >= 15 is 0 Å². The second-order valence-corrected chi connectivity index (χ2v) is 3.83. The molecule has 0 amide bonds. The summed E-state index contributed by atoms with van der Waals surface area (Å²) in [6.07, 6.45) is 0. The van der Waals surface area contributed by atoms with Gasteiger partial charge in [-0.1, -0.05) is 78.0 Å². The Labute approximate surface area is 133 Å². The zero-order valence-electron chi connectivity index (χ0n) is 13.9. The Bertz CT molecular complexity index is 641. The van der Waals surface area contributed by atoms with Crippen molar-refractivity contribution >= 4 is 34.2 Å². The molecular formula is C19H26OS. The first-order chi connectivity index (χ1) is 10.4. The van der Waals surface area contributed by atoms with Crippen molar-refractivity contribution in [2.24, 2.45) is 0 Å². The molecule has 0 N–H and O–H groups in total. The van der Waals surface area contributed by atoms with Gasteiger partial charge in [0.15, 0.2) is 0 Å². The van der Waals surface area contributed by atoms with Crippen LogP contribution < -0.4 is 0 Å². The van der Waals surface area contributed by atoms with Crippen LogP contribution in [0.5, 0.6) is 0 Å². The molecule has 2 aromatic carbocycles. The molecule has 1 aromatic heterocycles. The SMILES string of the molecule is CC.CC.CC.S=c1c2ccccc2oc2ccccc12. The summed E-state index contributed by atoms with van der Waals surface area (Å²) in [5, 5.41) is 2.01. The Morgan fingerprint density at radius 3 is 1.33 bits per heavy atom. The predicted molar refractivity (Wildman–Crippen MR) is 98.6 cm³/mol. The van der Waals surface area contributed by atoms with Gasteiger partial charge in [0.1, 0.15) is 11.2 Å². The molecule has 0 aliphatic rings. The van der Waals surface area contributed by atoms with Crippen LogP contribution in [0.1, 0.15) is 41.5 Å². The first kappa shape index (κ1) is 19.3. The number of rotatable bonds is 0. The standard InChI is InChI=1S/C13H8OS.3C2H6/c15-13-9-5-1-3-7-11(9)14-12-8-4-2-6-10(12)13;3*1-2/h1-8H;3*1-2H3. The van der Waals surface area contributed by atoms with Gasteiger partial charge in [0.2, 0.25) is 0 Å². The molecule has 0 saturated heterocycles. The maximum absolute atomic E-state index is 5.76. The van der Waals surface area contributed by atoms with Gasteiger partial charge >= 0.3 is 0 Å². The lowest BCUT2D eigenvalue weighted by atomic mass is 10.1. The average molecular weight is 302 g/mol. The van der Waals surface area contributed by atoms with Crippen molar-refractivity contribution in [1.82, 2.24) is 0 Å². The van der Waals surface area contributed by atoms with E-state index in [2.05, 4.69) is 0 Å².